The van der Waals surface area contributed by atoms with E-state index >= 15 is 0 Å². The smallest absolute Gasteiger partial charge is 0.245 e. The van der Waals surface area contributed by atoms with Crippen molar-refractivity contribution in [2.24, 2.45) is 0 Å². The fourth-order valence-electron chi connectivity index (χ4n) is 3.64. The average molecular weight is 373 g/mol. The Balaban J connectivity index is 1.56. The van der Waals surface area contributed by atoms with Gasteiger partial charge >= 0.3 is 0 Å². The monoisotopic (exact) mass is 372 g/mol. The summed E-state index contributed by atoms with van der Waals surface area (Å²) in [5, 5.41) is 0. The molecule has 2 heterocycles. The first-order chi connectivity index (χ1) is 12.8. The molecule has 6 nitrogen and oxygen atoms in total. The summed E-state index contributed by atoms with van der Waals surface area (Å²) in [7, 11) is 3.94. The van der Waals surface area contributed by atoms with E-state index in [-0.39, 0.29) is 17.4 Å². The van der Waals surface area contributed by atoms with Crippen LogP contribution in [0, 0.1) is 0 Å². The summed E-state index contributed by atoms with van der Waals surface area (Å²) in [6, 6.07) is 7.86. The number of hydrogen-bond donors (Lipinski definition) is 2. The van der Waals surface area contributed by atoms with Gasteiger partial charge in [0.2, 0.25) is 5.91 Å². The molecule has 2 N–H and O–H groups in total. The van der Waals surface area contributed by atoms with Gasteiger partial charge in [-0.25, -0.2) is 5.43 Å². The van der Waals surface area contributed by atoms with Crippen LogP contribution in [0.5, 0.6) is 5.75 Å². The second-order valence-electron chi connectivity index (χ2n) is 8.55. The fourth-order valence-corrected chi connectivity index (χ4v) is 3.64. The summed E-state index contributed by atoms with van der Waals surface area (Å²) in [6.07, 6.45) is 0.922. The van der Waals surface area contributed by atoms with E-state index < -0.39 is 0 Å². The number of amides is 1. The molecule has 0 spiro atoms. The van der Waals surface area contributed by atoms with Gasteiger partial charge in [0.25, 0.3) is 0 Å². The SMILES string of the molecule is CN1CCC2=C(C1)NNC2C(=O)N(C)CCOc1ccccc1C(C)(C)C. The molecule has 2 aliphatic heterocycles. The van der Waals surface area contributed by atoms with E-state index in [9.17, 15) is 4.79 Å². The molecule has 0 bridgehead atoms. The lowest BCUT2D eigenvalue weighted by Crippen LogP contribution is -2.47. The van der Waals surface area contributed by atoms with Crippen molar-refractivity contribution in [3.63, 3.8) is 0 Å². The second-order valence-corrected chi connectivity index (χ2v) is 8.55. The van der Waals surface area contributed by atoms with Crippen LogP contribution in [-0.2, 0) is 10.2 Å². The maximum atomic E-state index is 12.9. The van der Waals surface area contributed by atoms with Crippen LogP contribution >= 0.6 is 0 Å². The second kappa shape index (κ2) is 7.90. The highest BCUT2D eigenvalue weighted by atomic mass is 16.5. The maximum Gasteiger partial charge on any atom is 0.245 e. The minimum absolute atomic E-state index is 0.0226. The van der Waals surface area contributed by atoms with Crippen LogP contribution in [0.3, 0.4) is 0 Å². The minimum Gasteiger partial charge on any atom is -0.491 e. The third-order valence-corrected chi connectivity index (χ3v) is 5.30. The normalized spacial score (nSPS) is 20.3. The van der Waals surface area contributed by atoms with E-state index in [0.717, 1.165) is 31.0 Å². The van der Waals surface area contributed by atoms with E-state index in [1.807, 2.05) is 25.2 Å². The topological polar surface area (TPSA) is 56.8 Å². The van der Waals surface area contributed by atoms with Crippen LogP contribution in [-0.4, -0.2) is 62.1 Å². The Hall–Kier alpha value is -2.05. The van der Waals surface area contributed by atoms with Crippen LogP contribution in [0.1, 0.15) is 32.8 Å². The van der Waals surface area contributed by atoms with Crippen molar-refractivity contribution in [1.29, 1.82) is 0 Å². The van der Waals surface area contributed by atoms with Crippen LogP contribution in [0.2, 0.25) is 0 Å². The van der Waals surface area contributed by atoms with E-state index in [1.54, 1.807) is 4.90 Å². The Labute approximate surface area is 162 Å². The van der Waals surface area contributed by atoms with Gasteiger partial charge in [-0.05, 0) is 36.1 Å². The lowest BCUT2D eigenvalue weighted by atomic mass is 9.86. The Kier molecular flexibility index (Phi) is 5.77. The van der Waals surface area contributed by atoms with Crippen molar-refractivity contribution in [2.45, 2.75) is 38.6 Å². The van der Waals surface area contributed by atoms with E-state index in [2.05, 4.69) is 49.6 Å². The number of nitrogens with zero attached hydrogens (tertiary/aromatic N) is 2. The third kappa shape index (κ3) is 4.45. The molecule has 1 amide bonds. The van der Waals surface area contributed by atoms with Gasteiger partial charge in [-0.1, -0.05) is 39.0 Å². The van der Waals surface area contributed by atoms with Gasteiger partial charge in [-0.2, -0.15) is 0 Å². The molecule has 0 saturated carbocycles. The molecule has 2 aliphatic rings. The number of ether oxygens (including phenoxy) is 1. The number of nitrogens with one attached hydrogen (secondary N) is 2. The molecular formula is C21H32N4O2. The summed E-state index contributed by atoms with van der Waals surface area (Å²) in [4.78, 5) is 16.9. The predicted molar refractivity (Wildman–Crippen MR) is 107 cm³/mol. The lowest BCUT2D eigenvalue weighted by Gasteiger charge is -2.27. The number of rotatable bonds is 5. The van der Waals surface area contributed by atoms with E-state index in [4.69, 9.17) is 4.74 Å². The largest absolute Gasteiger partial charge is 0.491 e. The molecular weight excluding hydrogens is 340 g/mol. The molecule has 1 unspecified atom stereocenters. The molecule has 1 aromatic carbocycles. The quantitative estimate of drug-likeness (QED) is 0.827. The van der Waals surface area contributed by atoms with Gasteiger partial charge in [0, 0.05) is 25.8 Å². The summed E-state index contributed by atoms with van der Waals surface area (Å²) < 4.78 is 6.02. The minimum atomic E-state index is -0.263. The molecule has 6 heteroatoms. The fraction of sp³-hybridized carbons (Fsp3) is 0.571. The molecule has 27 heavy (non-hydrogen) atoms. The van der Waals surface area contributed by atoms with Gasteiger partial charge in [-0.3, -0.25) is 4.79 Å². The van der Waals surface area contributed by atoms with Gasteiger partial charge in [-0.15, -0.1) is 0 Å². The molecule has 148 valence electrons. The Morgan fingerprint density at radius 1 is 1.33 bits per heavy atom. The summed E-state index contributed by atoms with van der Waals surface area (Å²) in [5.41, 5.74) is 9.89. The van der Waals surface area contributed by atoms with Crippen molar-refractivity contribution in [3.05, 3.63) is 41.1 Å². The number of likely N-dealkylation sites (N-methyl/N-ethyl adjacent to an activating group) is 2. The van der Waals surface area contributed by atoms with Gasteiger partial charge in [0.05, 0.1) is 6.54 Å². The number of hydrazine groups is 1. The Morgan fingerprint density at radius 2 is 2.07 bits per heavy atom. The molecule has 0 saturated heterocycles. The first-order valence-electron chi connectivity index (χ1n) is 9.66. The van der Waals surface area contributed by atoms with E-state index in [1.165, 1.54) is 11.1 Å². The Morgan fingerprint density at radius 3 is 2.81 bits per heavy atom. The molecule has 0 aromatic heterocycles. The van der Waals surface area contributed by atoms with Crippen LogP contribution in [0.4, 0.5) is 0 Å². The number of carbonyl (C=O) groups excluding carboxylic acids is 1. The highest BCUT2D eigenvalue weighted by molar-refractivity contribution is 5.85. The summed E-state index contributed by atoms with van der Waals surface area (Å²) >= 11 is 0. The number of hydrogen-bond acceptors (Lipinski definition) is 5. The van der Waals surface area contributed by atoms with E-state index in [0.29, 0.717) is 13.2 Å². The van der Waals surface area contributed by atoms with Crippen molar-refractivity contribution in [1.82, 2.24) is 20.7 Å². The van der Waals surface area contributed by atoms with Crippen molar-refractivity contribution in [2.75, 3.05) is 40.3 Å². The molecule has 1 aromatic rings. The van der Waals surface area contributed by atoms with Crippen LogP contribution in [0.15, 0.2) is 35.5 Å². The number of benzene rings is 1. The van der Waals surface area contributed by atoms with Crippen LogP contribution in [0.25, 0.3) is 0 Å². The molecule has 3 rings (SSSR count). The molecule has 0 radical (unpaired) electrons. The van der Waals surface area contributed by atoms with Gasteiger partial charge < -0.3 is 20.0 Å². The predicted octanol–water partition coefficient (Wildman–Crippen LogP) is 1.89. The zero-order chi connectivity index (χ0) is 19.6. The molecule has 0 fully saturated rings. The average Bonchev–Trinajstić information content (AvgIpc) is 3.03. The van der Waals surface area contributed by atoms with Crippen molar-refractivity contribution in [3.8, 4) is 5.75 Å². The first kappa shape index (κ1) is 19.7. The number of para-hydroxylation sites is 1. The summed E-state index contributed by atoms with van der Waals surface area (Å²) in [5.74, 6) is 0.983. The number of carbonyl (C=O) groups is 1. The third-order valence-electron chi connectivity index (χ3n) is 5.30. The van der Waals surface area contributed by atoms with Crippen molar-refractivity contribution < 1.29 is 9.53 Å². The zero-order valence-electron chi connectivity index (χ0n) is 17.1. The standard InChI is InChI=1S/C21H32N4O2/c1-21(2,3)16-8-6-7-9-18(16)27-13-12-25(5)20(26)19-15-10-11-24(4)14-17(15)22-23-19/h6-9,19,22-23H,10-14H2,1-5H3. The van der Waals surface area contributed by atoms with Gasteiger partial charge in [0.15, 0.2) is 0 Å². The highest BCUT2D eigenvalue weighted by Gasteiger charge is 2.34. The highest BCUT2D eigenvalue weighted by Crippen LogP contribution is 2.31. The Bertz CT molecular complexity index is 723. The zero-order valence-corrected chi connectivity index (χ0v) is 17.1. The molecule has 1 atom stereocenters. The maximum absolute atomic E-state index is 12.9. The molecule has 0 aliphatic carbocycles. The lowest BCUT2D eigenvalue weighted by molar-refractivity contribution is -0.131. The van der Waals surface area contributed by atoms with Crippen LogP contribution < -0.4 is 15.6 Å². The van der Waals surface area contributed by atoms with Gasteiger partial charge in [0.1, 0.15) is 18.4 Å². The first-order valence-corrected chi connectivity index (χ1v) is 9.66. The summed E-state index contributed by atoms with van der Waals surface area (Å²) in [6.45, 7) is 9.41. The van der Waals surface area contributed by atoms with Crippen molar-refractivity contribution >= 4 is 5.91 Å².